The fraction of sp³-hybridized carbons (Fsp3) is 0.471. The summed E-state index contributed by atoms with van der Waals surface area (Å²) in [5, 5.41) is 4.81. The molecule has 4 heteroatoms. The van der Waals surface area contributed by atoms with Crippen LogP contribution >= 0.6 is 15.9 Å². The zero-order chi connectivity index (χ0) is 15.4. The SMILES string of the molecule is CCc1nn(Cc2cccc(Br)c2)c(CC)c1C(N)CC. The van der Waals surface area contributed by atoms with E-state index in [1.54, 1.807) is 0 Å². The Balaban J connectivity index is 2.41. The van der Waals surface area contributed by atoms with Gasteiger partial charge in [-0.2, -0.15) is 5.10 Å². The van der Waals surface area contributed by atoms with Crippen LogP contribution in [0.4, 0.5) is 0 Å². The van der Waals surface area contributed by atoms with Crippen molar-refractivity contribution in [1.82, 2.24) is 9.78 Å². The van der Waals surface area contributed by atoms with E-state index in [0.29, 0.717) is 0 Å². The Bertz CT molecular complexity index is 604. The summed E-state index contributed by atoms with van der Waals surface area (Å²) in [6.07, 6.45) is 2.84. The fourth-order valence-electron chi connectivity index (χ4n) is 2.77. The first-order valence-electron chi connectivity index (χ1n) is 7.69. The summed E-state index contributed by atoms with van der Waals surface area (Å²) in [4.78, 5) is 0. The molecule has 0 amide bonds. The van der Waals surface area contributed by atoms with Crippen molar-refractivity contribution in [3.05, 3.63) is 51.3 Å². The van der Waals surface area contributed by atoms with Crippen molar-refractivity contribution in [2.24, 2.45) is 5.73 Å². The zero-order valence-electron chi connectivity index (χ0n) is 13.1. The molecule has 0 aliphatic heterocycles. The van der Waals surface area contributed by atoms with Gasteiger partial charge in [0.1, 0.15) is 0 Å². The molecular weight excluding hydrogens is 326 g/mol. The maximum Gasteiger partial charge on any atom is 0.0672 e. The van der Waals surface area contributed by atoms with Crippen molar-refractivity contribution in [3.8, 4) is 0 Å². The Kier molecular flexibility index (Phi) is 5.59. The molecule has 1 atom stereocenters. The molecule has 0 aliphatic carbocycles. The molecule has 114 valence electrons. The van der Waals surface area contributed by atoms with E-state index in [2.05, 4.69) is 59.6 Å². The normalized spacial score (nSPS) is 12.6. The van der Waals surface area contributed by atoms with E-state index < -0.39 is 0 Å². The minimum atomic E-state index is 0.0890. The maximum atomic E-state index is 6.32. The van der Waals surface area contributed by atoms with Gasteiger partial charge in [-0.15, -0.1) is 0 Å². The molecule has 1 unspecified atom stereocenters. The first-order chi connectivity index (χ1) is 10.1. The number of rotatable bonds is 6. The summed E-state index contributed by atoms with van der Waals surface area (Å²) < 4.78 is 3.23. The number of halogens is 1. The lowest BCUT2D eigenvalue weighted by Gasteiger charge is -2.12. The van der Waals surface area contributed by atoms with Gasteiger partial charge in [0.25, 0.3) is 0 Å². The van der Waals surface area contributed by atoms with E-state index in [0.717, 1.165) is 36.0 Å². The Morgan fingerprint density at radius 2 is 2.00 bits per heavy atom. The van der Waals surface area contributed by atoms with Crippen molar-refractivity contribution in [1.29, 1.82) is 0 Å². The van der Waals surface area contributed by atoms with Crippen LogP contribution in [0.5, 0.6) is 0 Å². The highest BCUT2D eigenvalue weighted by atomic mass is 79.9. The van der Waals surface area contributed by atoms with Crippen molar-refractivity contribution >= 4 is 15.9 Å². The smallest absolute Gasteiger partial charge is 0.0672 e. The van der Waals surface area contributed by atoms with Crippen LogP contribution in [0, 0.1) is 0 Å². The highest BCUT2D eigenvalue weighted by molar-refractivity contribution is 9.10. The standard InChI is InChI=1S/C17H24BrN3/c1-4-14(19)17-15(5-2)20-21(16(17)6-3)11-12-8-7-9-13(18)10-12/h7-10,14H,4-6,11,19H2,1-3H3. The van der Waals surface area contributed by atoms with Crippen LogP contribution < -0.4 is 5.73 Å². The number of hydrogen-bond acceptors (Lipinski definition) is 2. The third-order valence-corrected chi connectivity index (χ3v) is 4.37. The van der Waals surface area contributed by atoms with E-state index in [4.69, 9.17) is 10.8 Å². The molecule has 1 aromatic heterocycles. The van der Waals surface area contributed by atoms with Gasteiger partial charge in [-0.1, -0.05) is 48.8 Å². The quantitative estimate of drug-likeness (QED) is 0.847. The first kappa shape index (κ1) is 16.2. The molecule has 0 saturated carbocycles. The second-order valence-electron chi connectivity index (χ2n) is 5.32. The zero-order valence-corrected chi connectivity index (χ0v) is 14.7. The van der Waals surface area contributed by atoms with Gasteiger partial charge in [-0.3, -0.25) is 4.68 Å². The lowest BCUT2D eigenvalue weighted by atomic mass is 10.00. The van der Waals surface area contributed by atoms with E-state index in [9.17, 15) is 0 Å². The topological polar surface area (TPSA) is 43.8 Å². The van der Waals surface area contributed by atoms with Crippen LogP contribution in [-0.4, -0.2) is 9.78 Å². The van der Waals surface area contributed by atoms with Gasteiger partial charge in [0.2, 0.25) is 0 Å². The number of hydrogen-bond donors (Lipinski definition) is 1. The van der Waals surface area contributed by atoms with Crippen molar-refractivity contribution < 1.29 is 0 Å². The Morgan fingerprint density at radius 1 is 1.24 bits per heavy atom. The van der Waals surface area contributed by atoms with Crippen molar-refractivity contribution in [2.75, 3.05) is 0 Å². The van der Waals surface area contributed by atoms with Crippen LogP contribution in [-0.2, 0) is 19.4 Å². The second kappa shape index (κ2) is 7.23. The predicted molar refractivity (Wildman–Crippen MR) is 91.4 cm³/mol. The number of nitrogens with two attached hydrogens (primary N) is 1. The minimum absolute atomic E-state index is 0.0890. The Hall–Kier alpha value is -1.13. The summed E-state index contributed by atoms with van der Waals surface area (Å²) in [6.45, 7) is 7.26. The van der Waals surface area contributed by atoms with E-state index in [1.165, 1.54) is 16.8 Å². The highest BCUT2D eigenvalue weighted by Gasteiger charge is 2.19. The Labute approximate surface area is 135 Å². The van der Waals surface area contributed by atoms with E-state index >= 15 is 0 Å². The van der Waals surface area contributed by atoms with Gasteiger partial charge in [-0.25, -0.2) is 0 Å². The third-order valence-electron chi connectivity index (χ3n) is 3.88. The minimum Gasteiger partial charge on any atom is -0.324 e. The van der Waals surface area contributed by atoms with Crippen LogP contribution in [0.1, 0.15) is 55.7 Å². The summed E-state index contributed by atoms with van der Waals surface area (Å²) in [6, 6.07) is 8.48. The maximum absolute atomic E-state index is 6.32. The van der Waals surface area contributed by atoms with Gasteiger partial charge in [0.15, 0.2) is 0 Å². The number of aryl methyl sites for hydroxylation is 1. The van der Waals surface area contributed by atoms with Crippen LogP contribution in [0.15, 0.2) is 28.7 Å². The molecule has 0 radical (unpaired) electrons. The second-order valence-corrected chi connectivity index (χ2v) is 6.23. The molecule has 0 spiro atoms. The largest absolute Gasteiger partial charge is 0.324 e. The van der Waals surface area contributed by atoms with E-state index in [-0.39, 0.29) is 6.04 Å². The van der Waals surface area contributed by atoms with E-state index in [1.807, 2.05) is 6.07 Å². The molecule has 3 nitrogen and oxygen atoms in total. The molecule has 1 heterocycles. The molecule has 2 N–H and O–H groups in total. The van der Waals surface area contributed by atoms with Crippen LogP contribution in [0.25, 0.3) is 0 Å². The van der Waals surface area contributed by atoms with Gasteiger partial charge in [0, 0.05) is 21.8 Å². The summed E-state index contributed by atoms with van der Waals surface area (Å²) in [5.41, 5.74) is 11.3. The average molecular weight is 350 g/mol. The van der Waals surface area contributed by atoms with Crippen molar-refractivity contribution in [3.63, 3.8) is 0 Å². The van der Waals surface area contributed by atoms with Gasteiger partial charge < -0.3 is 5.73 Å². The molecule has 0 bridgehead atoms. The lowest BCUT2D eigenvalue weighted by Crippen LogP contribution is -2.13. The average Bonchev–Trinajstić information content (AvgIpc) is 2.83. The predicted octanol–water partition coefficient (Wildman–Crippen LogP) is 4.23. The summed E-state index contributed by atoms with van der Waals surface area (Å²) in [5.74, 6) is 0. The first-order valence-corrected chi connectivity index (χ1v) is 8.48. The monoisotopic (exact) mass is 349 g/mol. The molecule has 0 aliphatic rings. The third kappa shape index (κ3) is 3.55. The molecule has 21 heavy (non-hydrogen) atoms. The van der Waals surface area contributed by atoms with Gasteiger partial charge >= 0.3 is 0 Å². The van der Waals surface area contributed by atoms with Gasteiger partial charge in [-0.05, 0) is 37.0 Å². The molecule has 1 aromatic carbocycles. The van der Waals surface area contributed by atoms with Crippen LogP contribution in [0.2, 0.25) is 0 Å². The lowest BCUT2D eigenvalue weighted by molar-refractivity contribution is 0.632. The summed E-state index contributed by atoms with van der Waals surface area (Å²) in [7, 11) is 0. The Morgan fingerprint density at radius 3 is 2.57 bits per heavy atom. The summed E-state index contributed by atoms with van der Waals surface area (Å²) >= 11 is 3.53. The fourth-order valence-corrected chi connectivity index (χ4v) is 3.22. The molecule has 2 aromatic rings. The number of benzene rings is 1. The molecule has 0 fully saturated rings. The number of aromatic nitrogens is 2. The van der Waals surface area contributed by atoms with Gasteiger partial charge in [0.05, 0.1) is 12.2 Å². The van der Waals surface area contributed by atoms with Crippen molar-refractivity contribution in [2.45, 2.75) is 52.6 Å². The molecule has 0 saturated heterocycles. The highest BCUT2D eigenvalue weighted by Crippen LogP contribution is 2.25. The molecular formula is C17H24BrN3. The molecule has 2 rings (SSSR count). The number of nitrogens with zero attached hydrogens (tertiary/aromatic N) is 2. The van der Waals surface area contributed by atoms with Crippen LogP contribution in [0.3, 0.4) is 0 Å².